The molecule has 4 heteroatoms. The van der Waals surface area contributed by atoms with E-state index in [1.54, 1.807) is 0 Å². The zero-order valence-electron chi connectivity index (χ0n) is 13.2. The number of hydrogen-bond donors (Lipinski definition) is 1. The lowest BCUT2D eigenvalue weighted by Crippen LogP contribution is -2.22. The average molecular weight is 304 g/mol. The molecule has 0 radical (unpaired) electrons. The summed E-state index contributed by atoms with van der Waals surface area (Å²) in [6.07, 6.45) is 4.06. The van der Waals surface area contributed by atoms with E-state index in [2.05, 4.69) is 41.5 Å². The molecular formula is C19H20N4. The molecule has 2 unspecified atom stereocenters. The maximum absolute atomic E-state index is 6.36. The van der Waals surface area contributed by atoms with Crippen LogP contribution in [0.25, 0.3) is 16.9 Å². The van der Waals surface area contributed by atoms with E-state index in [-0.39, 0.29) is 5.54 Å². The van der Waals surface area contributed by atoms with Gasteiger partial charge in [-0.3, -0.25) is 0 Å². The summed E-state index contributed by atoms with van der Waals surface area (Å²) in [7, 11) is 0. The Bertz CT molecular complexity index is 824. The number of aromatic nitrogens is 3. The van der Waals surface area contributed by atoms with Gasteiger partial charge in [-0.05, 0) is 30.5 Å². The fraction of sp³-hybridized carbons (Fsp3) is 0.263. The zero-order chi connectivity index (χ0) is 15.9. The first kappa shape index (κ1) is 14.2. The number of rotatable bonds is 4. The molecule has 4 nitrogen and oxygen atoms in total. The van der Waals surface area contributed by atoms with E-state index in [0.717, 1.165) is 29.8 Å². The second-order valence-electron chi connectivity index (χ2n) is 6.35. The van der Waals surface area contributed by atoms with Gasteiger partial charge >= 0.3 is 0 Å². The minimum atomic E-state index is -0.0177. The Hall–Kier alpha value is -2.46. The van der Waals surface area contributed by atoms with Crippen molar-refractivity contribution in [3.63, 3.8) is 0 Å². The fourth-order valence-corrected chi connectivity index (χ4v) is 3.18. The van der Waals surface area contributed by atoms with Gasteiger partial charge in [0.05, 0.1) is 11.9 Å². The molecule has 3 aromatic rings. The molecule has 0 bridgehead atoms. The van der Waals surface area contributed by atoms with Gasteiger partial charge in [-0.15, -0.1) is 5.10 Å². The smallest absolute Gasteiger partial charge is 0.113 e. The van der Waals surface area contributed by atoms with Gasteiger partial charge in [0.2, 0.25) is 0 Å². The minimum absolute atomic E-state index is 0.0177. The Kier molecular flexibility index (Phi) is 3.27. The zero-order valence-corrected chi connectivity index (χ0v) is 13.2. The van der Waals surface area contributed by atoms with Crippen LogP contribution < -0.4 is 5.73 Å². The summed E-state index contributed by atoms with van der Waals surface area (Å²) in [6.45, 7) is 2.16. The Morgan fingerprint density at radius 1 is 1.17 bits per heavy atom. The van der Waals surface area contributed by atoms with E-state index in [1.807, 2.05) is 41.2 Å². The van der Waals surface area contributed by atoms with Crippen LogP contribution in [0.2, 0.25) is 0 Å². The second-order valence-corrected chi connectivity index (χ2v) is 6.35. The van der Waals surface area contributed by atoms with Gasteiger partial charge in [-0.2, -0.15) is 0 Å². The normalized spacial score (nSPS) is 23.0. The van der Waals surface area contributed by atoms with Crippen molar-refractivity contribution in [2.24, 2.45) is 5.73 Å². The first-order valence-electron chi connectivity index (χ1n) is 8.06. The first-order valence-corrected chi connectivity index (χ1v) is 8.06. The first-order chi connectivity index (χ1) is 11.2. The van der Waals surface area contributed by atoms with Gasteiger partial charge in [0.1, 0.15) is 5.69 Å². The molecule has 1 aliphatic carbocycles. The summed E-state index contributed by atoms with van der Waals surface area (Å²) in [4.78, 5) is 0. The van der Waals surface area contributed by atoms with Crippen LogP contribution in [-0.2, 0) is 0 Å². The van der Waals surface area contributed by atoms with E-state index < -0.39 is 0 Å². The average Bonchev–Trinajstić information content (AvgIpc) is 3.07. The van der Waals surface area contributed by atoms with Crippen molar-refractivity contribution in [3.05, 3.63) is 66.4 Å². The third kappa shape index (κ3) is 2.55. The molecule has 23 heavy (non-hydrogen) atoms. The lowest BCUT2D eigenvalue weighted by atomic mass is 10.0. The predicted octanol–water partition coefficient (Wildman–Crippen LogP) is 3.53. The summed E-state index contributed by atoms with van der Waals surface area (Å²) in [5, 5.41) is 8.56. The molecule has 1 fully saturated rings. The van der Waals surface area contributed by atoms with Gasteiger partial charge in [0.25, 0.3) is 0 Å². The van der Waals surface area contributed by atoms with Crippen LogP contribution in [0.15, 0.2) is 60.8 Å². The van der Waals surface area contributed by atoms with Gasteiger partial charge in [-0.25, -0.2) is 4.68 Å². The summed E-state index contributed by atoms with van der Waals surface area (Å²) >= 11 is 0. The molecule has 0 aliphatic heterocycles. The number of hydrogen-bond acceptors (Lipinski definition) is 3. The van der Waals surface area contributed by atoms with Crippen molar-refractivity contribution in [2.45, 2.75) is 31.2 Å². The molecule has 1 aromatic heterocycles. The highest BCUT2D eigenvalue weighted by Gasteiger charge is 2.50. The highest BCUT2D eigenvalue weighted by atomic mass is 15.4. The van der Waals surface area contributed by atoms with Crippen LogP contribution in [0.3, 0.4) is 0 Å². The lowest BCUT2D eigenvalue weighted by molar-refractivity contribution is 0.626. The molecule has 1 aliphatic rings. The maximum Gasteiger partial charge on any atom is 0.113 e. The second kappa shape index (κ2) is 5.32. The van der Waals surface area contributed by atoms with Gasteiger partial charge in [0, 0.05) is 17.0 Å². The van der Waals surface area contributed by atoms with E-state index >= 15 is 0 Å². The minimum Gasteiger partial charge on any atom is -0.325 e. The van der Waals surface area contributed by atoms with Crippen molar-refractivity contribution in [2.75, 3.05) is 0 Å². The molecule has 1 saturated carbocycles. The maximum atomic E-state index is 6.36. The van der Waals surface area contributed by atoms with Crippen molar-refractivity contribution in [1.29, 1.82) is 0 Å². The van der Waals surface area contributed by atoms with Crippen LogP contribution in [0.1, 0.15) is 31.2 Å². The summed E-state index contributed by atoms with van der Waals surface area (Å²) in [6, 6.07) is 18.6. The van der Waals surface area contributed by atoms with Gasteiger partial charge in [-0.1, -0.05) is 54.6 Å². The predicted molar refractivity (Wildman–Crippen MR) is 91.4 cm³/mol. The van der Waals surface area contributed by atoms with Crippen LogP contribution in [-0.4, -0.2) is 20.5 Å². The summed E-state index contributed by atoms with van der Waals surface area (Å²) in [5.41, 5.74) is 10.6. The fourth-order valence-electron chi connectivity index (χ4n) is 3.18. The highest BCUT2D eigenvalue weighted by Crippen LogP contribution is 2.51. The Balaban J connectivity index is 1.63. The Morgan fingerprint density at radius 2 is 2.00 bits per heavy atom. The molecule has 0 spiro atoms. The van der Waals surface area contributed by atoms with E-state index in [0.29, 0.717) is 5.92 Å². The number of nitrogens with two attached hydrogens (primary N) is 1. The summed E-state index contributed by atoms with van der Waals surface area (Å²) in [5.74, 6) is 0.463. The van der Waals surface area contributed by atoms with Crippen LogP contribution in [0.5, 0.6) is 0 Å². The molecule has 0 amide bonds. The SMILES string of the molecule is CCC1(N)CC1c1cccc(-n2cc(-c3ccccc3)nn2)c1. The van der Waals surface area contributed by atoms with Crippen LogP contribution >= 0.6 is 0 Å². The van der Waals surface area contributed by atoms with Crippen molar-refractivity contribution in [1.82, 2.24) is 15.0 Å². The molecule has 0 saturated heterocycles. The Labute approximate surface area is 135 Å². The molecule has 2 atom stereocenters. The van der Waals surface area contributed by atoms with Gasteiger partial charge in [0.15, 0.2) is 0 Å². The molecule has 1 heterocycles. The van der Waals surface area contributed by atoms with E-state index in [4.69, 9.17) is 5.73 Å². The van der Waals surface area contributed by atoms with E-state index in [1.165, 1.54) is 5.56 Å². The number of benzene rings is 2. The molecule has 116 valence electrons. The third-order valence-electron chi connectivity index (χ3n) is 4.88. The molecule has 4 rings (SSSR count). The monoisotopic (exact) mass is 304 g/mol. The quantitative estimate of drug-likeness (QED) is 0.802. The molecule has 2 aromatic carbocycles. The summed E-state index contributed by atoms with van der Waals surface area (Å²) < 4.78 is 1.83. The largest absolute Gasteiger partial charge is 0.325 e. The van der Waals surface area contributed by atoms with Crippen molar-refractivity contribution < 1.29 is 0 Å². The van der Waals surface area contributed by atoms with Crippen molar-refractivity contribution in [3.8, 4) is 16.9 Å². The Morgan fingerprint density at radius 3 is 2.74 bits per heavy atom. The van der Waals surface area contributed by atoms with Crippen LogP contribution in [0.4, 0.5) is 0 Å². The van der Waals surface area contributed by atoms with Gasteiger partial charge < -0.3 is 5.73 Å². The lowest BCUT2D eigenvalue weighted by Gasteiger charge is -2.09. The standard InChI is InChI=1S/C19H20N4/c1-2-19(20)12-17(19)15-9-6-10-16(11-15)23-13-18(21-22-23)14-7-4-3-5-8-14/h3-11,13,17H,2,12,20H2,1H3. The topological polar surface area (TPSA) is 56.7 Å². The highest BCUT2D eigenvalue weighted by molar-refractivity contribution is 5.58. The molecule has 2 N–H and O–H groups in total. The molecular weight excluding hydrogens is 284 g/mol. The van der Waals surface area contributed by atoms with E-state index in [9.17, 15) is 0 Å². The van der Waals surface area contributed by atoms with Crippen LogP contribution in [0, 0.1) is 0 Å². The third-order valence-corrected chi connectivity index (χ3v) is 4.88. The number of nitrogens with zero attached hydrogens (tertiary/aromatic N) is 3. The van der Waals surface area contributed by atoms with Crippen molar-refractivity contribution >= 4 is 0 Å².